The average molecular weight is 212 g/mol. The quantitative estimate of drug-likeness (QED) is 0.556. The number of aryl methyl sites for hydroxylation is 1. The molecule has 1 aromatic rings. The van der Waals surface area contributed by atoms with Crippen molar-refractivity contribution in [3.05, 3.63) is 5.82 Å². The van der Waals surface area contributed by atoms with Crippen LogP contribution in [0.1, 0.15) is 44.0 Å². The second-order valence-electron chi connectivity index (χ2n) is 4.13. The highest BCUT2D eigenvalue weighted by atomic mass is 32.1. The van der Waals surface area contributed by atoms with E-state index in [1.165, 1.54) is 37.9 Å². The van der Waals surface area contributed by atoms with Gasteiger partial charge in [0.05, 0.1) is 0 Å². The van der Waals surface area contributed by atoms with E-state index in [-0.39, 0.29) is 0 Å². The second kappa shape index (κ2) is 3.93. The van der Waals surface area contributed by atoms with Crippen molar-refractivity contribution in [2.24, 2.45) is 7.05 Å². The number of aromatic nitrogens is 3. The van der Waals surface area contributed by atoms with Gasteiger partial charge in [0.1, 0.15) is 13.1 Å². The van der Waals surface area contributed by atoms with Gasteiger partial charge in [0, 0.05) is 6.92 Å². The summed E-state index contributed by atoms with van der Waals surface area (Å²) in [6.07, 6.45) is 6.65. The fraction of sp³-hybridized carbons (Fsp3) is 0.800. The minimum Gasteiger partial charge on any atom is -0.202 e. The van der Waals surface area contributed by atoms with Gasteiger partial charge in [0.25, 0.3) is 11.0 Å². The van der Waals surface area contributed by atoms with Gasteiger partial charge >= 0.3 is 0 Å². The summed E-state index contributed by atoms with van der Waals surface area (Å²) >= 11 is 4.43. The second-order valence-corrected chi connectivity index (χ2v) is 4.53. The first-order valence-corrected chi connectivity index (χ1v) is 5.79. The van der Waals surface area contributed by atoms with Crippen LogP contribution in [0.5, 0.6) is 0 Å². The first-order chi connectivity index (χ1) is 6.70. The normalized spacial score (nSPS) is 18.8. The molecule has 0 amide bonds. The van der Waals surface area contributed by atoms with Crippen molar-refractivity contribution in [2.75, 3.05) is 0 Å². The Morgan fingerprint density at radius 2 is 2.00 bits per heavy atom. The highest BCUT2D eigenvalue weighted by Crippen LogP contribution is 2.29. The zero-order valence-corrected chi connectivity index (χ0v) is 9.80. The summed E-state index contributed by atoms with van der Waals surface area (Å²) in [5.74, 6) is 1.21. The van der Waals surface area contributed by atoms with Crippen molar-refractivity contribution in [3.8, 4) is 0 Å². The minimum absolute atomic E-state index is 0.630. The molecule has 1 aromatic heterocycles. The van der Waals surface area contributed by atoms with E-state index in [4.69, 9.17) is 0 Å². The lowest BCUT2D eigenvalue weighted by molar-refractivity contribution is -0.736. The predicted molar refractivity (Wildman–Crippen MR) is 57.5 cm³/mol. The number of rotatable bonds is 1. The lowest BCUT2D eigenvalue weighted by atomic mass is 9.95. The molecule has 0 saturated heterocycles. The Morgan fingerprint density at radius 1 is 1.36 bits per heavy atom. The fourth-order valence-electron chi connectivity index (χ4n) is 2.32. The lowest BCUT2D eigenvalue weighted by Crippen LogP contribution is -2.34. The Bertz CT molecular complexity index is 326. The Kier molecular flexibility index (Phi) is 2.81. The van der Waals surface area contributed by atoms with Crippen LogP contribution in [0.2, 0.25) is 0 Å². The van der Waals surface area contributed by atoms with Crippen molar-refractivity contribution in [3.63, 3.8) is 0 Å². The fourth-order valence-corrected chi connectivity index (χ4v) is 2.76. The van der Waals surface area contributed by atoms with E-state index in [1.54, 1.807) is 0 Å². The topological polar surface area (TPSA) is 21.7 Å². The molecule has 14 heavy (non-hydrogen) atoms. The third-order valence-electron chi connectivity index (χ3n) is 3.21. The summed E-state index contributed by atoms with van der Waals surface area (Å²) in [6, 6.07) is 0.630. The summed E-state index contributed by atoms with van der Waals surface area (Å²) in [6.45, 7) is 2.11. The minimum atomic E-state index is 0.630. The molecular formula is C10H18N3S+. The summed E-state index contributed by atoms with van der Waals surface area (Å²) in [5.41, 5.74) is 0. The maximum Gasteiger partial charge on any atom is 0.292 e. The first kappa shape index (κ1) is 10.0. The molecule has 1 aliphatic carbocycles. The van der Waals surface area contributed by atoms with Crippen LogP contribution in [0.4, 0.5) is 0 Å². The van der Waals surface area contributed by atoms with E-state index >= 15 is 0 Å². The van der Waals surface area contributed by atoms with E-state index in [1.807, 2.05) is 11.7 Å². The van der Waals surface area contributed by atoms with Crippen LogP contribution in [0.15, 0.2) is 5.16 Å². The zero-order chi connectivity index (χ0) is 10.1. The Hall–Kier alpha value is -0.510. The lowest BCUT2D eigenvalue weighted by Gasteiger charge is -2.19. The van der Waals surface area contributed by atoms with E-state index in [0.29, 0.717) is 6.04 Å². The van der Waals surface area contributed by atoms with Gasteiger partial charge in [0.15, 0.2) is 0 Å². The van der Waals surface area contributed by atoms with Crippen LogP contribution in [0.25, 0.3) is 0 Å². The van der Waals surface area contributed by atoms with Gasteiger partial charge in [-0.1, -0.05) is 19.0 Å². The molecule has 0 unspecified atom stereocenters. The Balaban J connectivity index is 2.29. The van der Waals surface area contributed by atoms with E-state index in [9.17, 15) is 0 Å². The molecule has 0 N–H and O–H groups in total. The van der Waals surface area contributed by atoms with Crippen LogP contribution < -0.4 is 4.68 Å². The van der Waals surface area contributed by atoms with Crippen molar-refractivity contribution in [1.29, 1.82) is 0 Å². The number of hydrogen-bond acceptors (Lipinski definition) is 2. The van der Waals surface area contributed by atoms with Crippen molar-refractivity contribution in [2.45, 2.75) is 50.2 Å². The monoisotopic (exact) mass is 212 g/mol. The molecule has 0 atom stereocenters. The van der Waals surface area contributed by atoms with Crippen LogP contribution in [-0.4, -0.2) is 9.67 Å². The molecule has 3 nitrogen and oxygen atoms in total. The molecule has 1 aliphatic rings. The summed E-state index contributed by atoms with van der Waals surface area (Å²) in [7, 11) is 1.98. The Morgan fingerprint density at radius 3 is 2.50 bits per heavy atom. The summed E-state index contributed by atoms with van der Waals surface area (Å²) in [4.78, 5) is 0. The third-order valence-corrected chi connectivity index (χ3v) is 3.52. The number of thiol groups is 1. The highest BCUT2D eigenvalue weighted by molar-refractivity contribution is 7.80. The summed E-state index contributed by atoms with van der Waals surface area (Å²) in [5, 5.41) is 5.19. The van der Waals surface area contributed by atoms with E-state index in [0.717, 1.165) is 5.16 Å². The first-order valence-electron chi connectivity index (χ1n) is 5.34. The van der Waals surface area contributed by atoms with E-state index < -0.39 is 0 Å². The SMILES string of the molecule is Cc1n(C2CCCCC2)c(S)n[n+]1C. The number of nitrogens with zero attached hydrogens (tertiary/aromatic N) is 3. The largest absolute Gasteiger partial charge is 0.292 e. The van der Waals surface area contributed by atoms with Crippen molar-refractivity contribution < 1.29 is 4.68 Å². The van der Waals surface area contributed by atoms with Crippen molar-refractivity contribution in [1.82, 2.24) is 9.67 Å². The van der Waals surface area contributed by atoms with Gasteiger partial charge in [-0.05, 0) is 30.8 Å². The maximum atomic E-state index is 4.43. The molecule has 0 spiro atoms. The third kappa shape index (κ3) is 1.67. The molecule has 1 fully saturated rings. The molecule has 0 aromatic carbocycles. The summed E-state index contributed by atoms with van der Waals surface area (Å²) < 4.78 is 4.19. The standard InChI is InChI=1S/C10H17N3S/c1-8-12(2)11-10(14)13(8)9-6-4-3-5-7-9/h9H,3-7H2,1-2H3/p+1. The average Bonchev–Trinajstić information content (AvgIpc) is 2.43. The van der Waals surface area contributed by atoms with Crippen LogP contribution in [-0.2, 0) is 7.05 Å². The molecule has 78 valence electrons. The van der Waals surface area contributed by atoms with Crippen LogP contribution in [0, 0.1) is 6.92 Å². The van der Waals surface area contributed by atoms with Gasteiger partial charge in [-0.2, -0.15) is 0 Å². The van der Waals surface area contributed by atoms with Gasteiger partial charge in [-0.3, -0.25) is 0 Å². The number of hydrogen-bond donors (Lipinski definition) is 1. The molecule has 4 heteroatoms. The van der Waals surface area contributed by atoms with Crippen molar-refractivity contribution >= 4 is 12.6 Å². The molecule has 0 radical (unpaired) electrons. The smallest absolute Gasteiger partial charge is 0.202 e. The van der Waals surface area contributed by atoms with Gasteiger partial charge in [-0.15, -0.1) is 4.68 Å². The van der Waals surface area contributed by atoms with Gasteiger partial charge in [0.2, 0.25) is 0 Å². The molecule has 2 rings (SSSR count). The van der Waals surface area contributed by atoms with Gasteiger partial charge < -0.3 is 0 Å². The molecule has 0 bridgehead atoms. The molecular weight excluding hydrogens is 194 g/mol. The van der Waals surface area contributed by atoms with Gasteiger partial charge in [-0.25, -0.2) is 4.57 Å². The highest BCUT2D eigenvalue weighted by Gasteiger charge is 2.26. The maximum absolute atomic E-state index is 4.43. The zero-order valence-electron chi connectivity index (χ0n) is 8.90. The van der Waals surface area contributed by atoms with E-state index in [2.05, 4.69) is 29.2 Å². The molecule has 0 aliphatic heterocycles. The molecule has 1 saturated carbocycles. The Labute approximate surface area is 90.5 Å². The molecule has 1 heterocycles. The predicted octanol–water partition coefficient (Wildman–Crippen LogP) is 1.81. The van der Waals surface area contributed by atoms with Crippen LogP contribution >= 0.6 is 12.6 Å². The van der Waals surface area contributed by atoms with Crippen LogP contribution in [0.3, 0.4) is 0 Å².